The summed E-state index contributed by atoms with van der Waals surface area (Å²) in [4.78, 5) is 13.7. The van der Waals surface area contributed by atoms with E-state index in [0.717, 1.165) is 5.56 Å². The average Bonchev–Trinajstić information content (AvgIpc) is 2.45. The largest absolute Gasteiger partial charge is 0.337 e. The first kappa shape index (κ1) is 16.0. The van der Waals surface area contributed by atoms with Crippen molar-refractivity contribution >= 4 is 33.6 Å². The number of amides is 1. The Bertz CT molecular complexity index is 633. The van der Waals surface area contributed by atoms with Crippen molar-refractivity contribution in [1.82, 2.24) is 9.21 Å². The molecular weight excluding hydrogens is 312 g/mol. The monoisotopic (exact) mass is 328 g/mol. The normalized spacial score (nSPS) is 17.3. The van der Waals surface area contributed by atoms with Gasteiger partial charge in [0, 0.05) is 37.3 Å². The van der Waals surface area contributed by atoms with Crippen LogP contribution in [0.3, 0.4) is 0 Å². The number of halogens is 1. The Hall–Kier alpha value is -1.37. The number of hydrogen-bond acceptors (Lipinski definition) is 3. The second-order valence-electron chi connectivity index (χ2n) is 4.87. The van der Waals surface area contributed by atoms with E-state index in [1.54, 1.807) is 23.1 Å². The fraction of sp³-hybridized carbons (Fsp3) is 0.357. The predicted octanol–water partition coefficient (Wildman–Crippen LogP) is 1.46. The summed E-state index contributed by atoms with van der Waals surface area (Å²) < 4.78 is 24.2. The number of benzene rings is 1. The van der Waals surface area contributed by atoms with Gasteiger partial charge in [0.2, 0.25) is 15.9 Å². The summed E-state index contributed by atoms with van der Waals surface area (Å²) in [5.74, 6) is -0.113. The number of carbonyl (C=O) groups excluding carboxylic acids is 1. The van der Waals surface area contributed by atoms with Crippen LogP contribution in [0.15, 0.2) is 30.3 Å². The Morgan fingerprint density at radius 2 is 1.71 bits per heavy atom. The second kappa shape index (κ2) is 6.60. The highest BCUT2D eigenvalue weighted by Gasteiger charge is 2.24. The Morgan fingerprint density at radius 3 is 2.24 bits per heavy atom. The van der Waals surface area contributed by atoms with Gasteiger partial charge in [0.15, 0.2) is 0 Å². The molecule has 1 aromatic rings. The van der Waals surface area contributed by atoms with Crippen molar-refractivity contribution in [2.45, 2.75) is 0 Å². The lowest BCUT2D eigenvalue weighted by Crippen LogP contribution is -2.49. The standard InChI is InChI=1S/C14H17ClN2O3S/c1-21(19,20)17-10-8-16(9-11-17)14(18)7-4-12-2-5-13(15)6-3-12/h2-7H,8-11H2,1H3/b7-4+. The van der Waals surface area contributed by atoms with Gasteiger partial charge in [-0.1, -0.05) is 23.7 Å². The first-order chi connectivity index (χ1) is 9.86. The average molecular weight is 329 g/mol. The third-order valence-electron chi connectivity index (χ3n) is 3.31. The van der Waals surface area contributed by atoms with E-state index in [0.29, 0.717) is 31.2 Å². The van der Waals surface area contributed by atoms with Crippen molar-refractivity contribution in [3.8, 4) is 0 Å². The van der Waals surface area contributed by atoms with Gasteiger partial charge in [0.25, 0.3) is 0 Å². The highest BCUT2D eigenvalue weighted by atomic mass is 35.5. The van der Waals surface area contributed by atoms with Gasteiger partial charge in [-0.3, -0.25) is 4.79 Å². The van der Waals surface area contributed by atoms with Crippen LogP contribution < -0.4 is 0 Å². The summed E-state index contributed by atoms with van der Waals surface area (Å²) in [6, 6.07) is 7.18. The van der Waals surface area contributed by atoms with Crippen LogP contribution in [0.5, 0.6) is 0 Å². The van der Waals surface area contributed by atoms with E-state index in [4.69, 9.17) is 11.6 Å². The molecule has 1 heterocycles. The third kappa shape index (κ3) is 4.56. The first-order valence-electron chi connectivity index (χ1n) is 6.54. The number of carbonyl (C=O) groups is 1. The fourth-order valence-corrected chi connectivity index (χ4v) is 3.04. The molecule has 1 amide bonds. The molecule has 1 saturated heterocycles. The molecule has 0 radical (unpaired) electrons. The molecule has 7 heteroatoms. The van der Waals surface area contributed by atoms with Gasteiger partial charge in [-0.15, -0.1) is 0 Å². The van der Waals surface area contributed by atoms with Crippen LogP contribution in [0.25, 0.3) is 6.08 Å². The van der Waals surface area contributed by atoms with Crippen LogP contribution in [-0.4, -0.2) is 56.0 Å². The van der Waals surface area contributed by atoms with Crippen molar-refractivity contribution in [1.29, 1.82) is 0 Å². The number of nitrogens with zero attached hydrogens (tertiary/aromatic N) is 2. The van der Waals surface area contributed by atoms with Gasteiger partial charge in [0.05, 0.1) is 6.26 Å². The number of rotatable bonds is 3. The lowest BCUT2D eigenvalue weighted by atomic mass is 10.2. The van der Waals surface area contributed by atoms with Crippen molar-refractivity contribution in [3.63, 3.8) is 0 Å². The molecule has 0 spiro atoms. The molecule has 1 aliphatic heterocycles. The highest BCUT2D eigenvalue weighted by Crippen LogP contribution is 2.11. The summed E-state index contributed by atoms with van der Waals surface area (Å²) in [5, 5.41) is 0.648. The smallest absolute Gasteiger partial charge is 0.246 e. The highest BCUT2D eigenvalue weighted by molar-refractivity contribution is 7.88. The molecule has 1 aliphatic rings. The summed E-state index contributed by atoms with van der Waals surface area (Å²) in [6.07, 6.45) is 4.41. The first-order valence-corrected chi connectivity index (χ1v) is 8.76. The number of piperazine rings is 1. The summed E-state index contributed by atoms with van der Waals surface area (Å²) in [7, 11) is -3.17. The molecule has 114 valence electrons. The molecule has 0 aromatic heterocycles. The van der Waals surface area contributed by atoms with E-state index < -0.39 is 10.0 Å². The SMILES string of the molecule is CS(=O)(=O)N1CCN(C(=O)/C=C/c2ccc(Cl)cc2)CC1. The minimum atomic E-state index is -3.17. The molecule has 0 unspecified atom stereocenters. The fourth-order valence-electron chi connectivity index (χ4n) is 2.09. The maximum atomic E-state index is 12.0. The van der Waals surface area contributed by atoms with E-state index in [1.807, 2.05) is 12.1 Å². The van der Waals surface area contributed by atoms with Crippen LogP contribution in [0.2, 0.25) is 5.02 Å². The Kier molecular flexibility index (Phi) is 5.03. The predicted molar refractivity (Wildman–Crippen MR) is 83.5 cm³/mol. The molecule has 0 aliphatic carbocycles. The maximum absolute atomic E-state index is 12.0. The molecule has 0 N–H and O–H groups in total. The van der Waals surface area contributed by atoms with Gasteiger partial charge in [-0.2, -0.15) is 4.31 Å². The minimum absolute atomic E-state index is 0.113. The minimum Gasteiger partial charge on any atom is -0.337 e. The van der Waals surface area contributed by atoms with Gasteiger partial charge in [0.1, 0.15) is 0 Å². The molecule has 5 nitrogen and oxygen atoms in total. The topological polar surface area (TPSA) is 57.7 Å². The molecule has 0 bridgehead atoms. The molecule has 2 rings (SSSR count). The number of hydrogen-bond donors (Lipinski definition) is 0. The zero-order chi connectivity index (χ0) is 15.5. The zero-order valence-electron chi connectivity index (χ0n) is 11.7. The van der Waals surface area contributed by atoms with E-state index in [9.17, 15) is 13.2 Å². The summed E-state index contributed by atoms with van der Waals surface area (Å²) >= 11 is 5.79. The lowest BCUT2D eigenvalue weighted by molar-refractivity contribution is -0.127. The Labute approximate surface area is 129 Å². The molecule has 0 saturated carbocycles. The molecular formula is C14H17ClN2O3S. The van der Waals surface area contributed by atoms with Crippen molar-refractivity contribution < 1.29 is 13.2 Å². The van der Waals surface area contributed by atoms with E-state index in [2.05, 4.69) is 0 Å². The quantitative estimate of drug-likeness (QED) is 0.789. The van der Waals surface area contributed by atoms with E-state index >= 15 is 0 Å². The van der Waals surface area contributed by atoms with Crippen molar-refractivity contribution in [3.05, 3.63) is 40.9 Å². The lowest BCUT2D eigenvalue weighted by Gasteiger charge is -2.32. The van der Waals surface area contributed by atoms with Gasteiger partial charge in [-0.25, -0.2) is 8.42 Å². The Morgan fingerprint density at radius 1 is 1.14 bits per heavy atom. The molecule has 21 heavy (non-hydrogen) atoms. The Balaban J connectivity index is 1.92. The maximum Gasteiger partial charge on any atom is 0.246 e. The molecule has 1 aromatic carbocycles. The third-order valence-corrected chi connectivity index (χ3v) is 4.86. The number of sulfonamides is 1. The van der Waals surface area contributed by atoms with Crippen LogP contribution in [0.1, 0.15) is 5.56 Å². The van der Waals surface area contributed by atoms with Crippen molar-refractivity contribution in [2.75, 3.05) is 32.4 Å². The van der Waals surface area contributed by atoms with Gasteiger partial charge < -0.3 is 4.90 Å². The zero-order valence-corrected chi connectivity index (χ0v) is 13.3. The van der Waals surface area contributed by atoms with Gasteiger partial charge >= 0.3 is 0 Å². The van der Waals surface area contributed by atoms with Crippen LogP contribution in [0, 0.1) is 0 Å². The second-order valence-corrected chi connectivity index (χ2v) is 7.29. The molecule has 0 atom stereocenters. The van der Waals surface area contributed by atoms with Crippen molar-refractivity contribution in [2.24, 2.45) is 0 Å². The van der Waals surface area contributed by atoms with Crippen LogP contribution in [-0.2, 0) is 14.8 Å². The van der Waals surface area contributed by atoms with Crippen LogP contribution in [0.4, 0.5) is 0 Å². The van der Waals surface area contributed by atoms with E-state index in [1.165, 1.54) is 16.6 Å². The summed E-state index contributed by atoms with van der Waals surface area (Å²) in [6.45, 7) is 1.52. The van der Waals surface area contributed by atoms with E-state index in [-0.39, 0.29) is 5.91 Å². The van der Waals surface area contributed by atoms with Crippen LogP contribution >= 0.6 is 11.6 Å². The molecule has 1 fully saturated rings. The summed E-state index contributed by atoms with van der Waals surface area (Å²) in [5.41, 5.74) is 0.891. The van der Waals surface area contributed by atoms with Gasteiger partial charge in [-0.05, 0) is 23.8 Å².